The van der Waals surface area contributed by atoms with Crippen molar-refractivity contribution in [2.45, 2.75) is 45.6 Å². The Balaban J connectivity index is 1.87. The summed E-state index contributed by atoms with van der Waals surface area (Å²) in [5.41, 5.74) is 11.1. The summed E-state index contributed by atoms with van der Waals surface area (Å²) in [6, 6.07) is 14.5. The maximum atomic E-state index is 13.2. The van der Waals surface area contributed by atoms with E-state index in [-0.39, 0.29) is 11.9 Å². The van der Waals surface area contributed by atoms with Gasteiger partial charge in [-0.05, 0) is 61.4 Å². The molecule has 0 bridgehead atoms. The first-order valence-corrected chi connectivity index (χ1v) is 8.84. The van der Waals surface area contributed by atoms with E-state index in [1.54, 1.807) is 0 Å². The Morgan fingerprint density at radius 3 is 2.71 bits per heavy atom. The molecule has 0 heterocycles. The monoisotopic (exact) mass is 322 g/mol. The number of carbonyl (C=O) groups is 1. The molecule has 0 spiro atoms. The lowest BCUT2D eigenvalue weighted by Gasteiger charge is -2.35. The van der Waals surface area contributed by atoms with Crippen LogP contribution in [0.1, 0.15) is 46.8 Å². The number of hydrogen-bond acceptors (Lipinski definition) is 2. The number of aryl methyl sites for hydroxylation is 2. The fourth-order valence-corrected chi connectivity index (χ4v) is 3.66. The highest BCUT2D eigenvalue weighted by atomic mass is 16.2. The minimum atomic E-state index is 0.117. The van der Waals surface area contributed by atoms with E-state index in [1.165, 1.54) is 11.1 Å². The van der Waals surface area contributed by atoms with Crippen LogP contribution < -0.4 is 5.73 Å². The van der Waals surface area contributed by atoms with E-state index in [9.17, 15) is 4.79 Å². The van der Waals surface area contributed by atoms with Gasteiger partial charge in [0.2, 0.25) is 0 Å². The quantitative estimate of drug-likeness (QED) is 0.865. The Kier molecular flexibility index (Phi) is 4.89. The minimum absolute atomic E-state index is 0.117. The summed E-state index contributed by atoms with van der Waals surface area (Å²) in [6.45, 7) is 4.90. The number of fused-ring (bicyclic) bond motifs is 1. The van der Waals surface area contributed by atoms with Crippen LogP contribution in [-0.2, 0) is 12.8 Å². The van der Waals surface area contributed by atoms with Gasteiger partial charge >= 0.3 is 0 Å². The van der Waals surface area contributed by atoms with Crippen molar-refractivity contribution in [1.82, 2.24) is 4.90 Å². The molecule has 0 saturated heterocycles. The average Bonchev–Trinajstić information content (AvgIpc) is 2.61. The number of rotatable bonds is 4. The Morgan fingerprint density at radius 2 is 1.96 bits per heavy atom. The normalized spacial score (nSPS) is 16.5. The van der Waals surface area contributed by atoms with Gasteiger partial charge in [-0.25, -0.2) is 0 Å². The van der Waals surface area contributed by atoms with Crippen molar-refractivity contribution in [3.63, 3.8) is 0 Å². The molecule has 0 radical (unpaired) electrons. The van der Waals surface area contributed by atoms with Crippen LogP contribution in [0.25, 0.3) is 0 Å². The van der Waals surface area contributed by atoms with Crippen molar-refractivity contribution < 1.29 is 4.79 Å². The second-order valence-corrected chi connectivity index (χ2v) is 6.74. The van der Waals surface area contributed by atoms with Gasteiger partial charge in [0, 0.05) is 23.8 Å². The molecular weight excluding hydrogens is 296 g/mol. The van der Waals surface area contributed by atoms with Crippen LogP contribution in [0.5, 0.6) is 0 Å². The Bertz CT molecular complexity index is 738. The predicted octanol–water partition coefficient (Wildman–Crippen LogP) is 3.99. The molecule has 3 rings (SSSR count). The number of hydrogen-bond donors (Lipinski definition) is 1. The van der Waals surface area contributed by atoms with Crippen molar-refractivity contribution >= 4 is 11.6 Å². The molecule has 0 aliphatic heterocycles. The predicted molar refractivity (Wildman–Crippen MR) is 99.2 cm³/mol. The minimum Gasteiger partial charge on any atom is -0.399 e. The van der Waals surface area contributed by atoms with E-state index in [4.69, 9.17) is 5.73 Å². The second kappa shape index (κ2) is 7.08. The first-order valence-electron chi connectivity index (χ1n) is 8.84. The van der Waals surface area contributed by atoms with Crippen molar-refractivity contribution in [2.75, 3.05) is 12.3 Å². The molecule has 126 valence electrons. The van der Waals surface area contributed by atoms with Gasteiger partial charge in [0.05, 0.1) is 0 Å². The molecule has 1 amide bonds. The zero-order valence-corrected chi connectivity index (χ0v) is 14.6. The maximum Gasteiger partial charge on any atom is 0.254 e. The van der Waals surface area contributed by atoms with E-state index in [0.29, 0.717) is 5.69 Å². The third-order valence-corrected chi connectivity index (χ3v) is 4.98. The lowest BCUT2D eigenvalue weighted by molar-refractivity contribution is 0.0661. The molecule has 1 atom stereocenters. The summed E-state index contributed by atoms with van der Waals surface area (Å²) in [4.78, 5) is 15.3. The van der Waals surface area contributed by atoms with E-state index >= 15 is 0 Å². The Morgan fingerprint density at radius 1 is 1.21 bits per heavy atom. The molecule has 2 N–H and O–H groups in total. The van der Waals surface area contributed by atoms with Crippen molar-refractivity contribution in [1.29, 1.82) is 0 Å². The van der Waals surface area contributed by atoms with Gasteiger partial charge < -0.3 is 10.6 Å². The average molecular weight is 322 g/mol. The maximum absolute atomic E-state index is 13.2. The van der Waals surface area contributed by atoms with Gasteiger partial charge in [-0.2, -0.15) is 0 Å². The van der Waals surface area contributed by atoms with Crippen molar-refractivity contribution in [3.05, 3.63) is 64.7 Å². The molecular formula is C21H26N2O. The lowest BCUT2D eigenvalue weighted by Crippen LogP contribution is -2.44. The van der Waals surface area contributed by atoms with Crippen molar-refractivity contribution in [2.24, 2.45) is 0 Å². The van der Waals surface area contributed by atoms with Crippen LogP contribution in [0.4, 0.5) is 5.69 Å². The summed E-state index contributed by atoms with van der Waals surface area (Å²) in [7, 11) is 0. The van der Waals surface area contributed by atoms with Gasteiger partial charge in [0.15, 0.2) is 0 Å². The number of nitrogens with zero attached hydrogens (tertiary/aromatic N) is 1. The third kappa shape index (κ3) is 3.30. The first kappa shape index (κ1) is 16.6. The standard InChI is InChI=1S/C21H26N2O/c1-3-12-23(21(24)20-14-18(22)10-8-15(20)2)19-11-9-16-6-4-5-7-17(16)13-19/h4-8,10,14,19H,3,9,11-13,22H2,1-2H3. The van der Waals surface area contributed by atoms with E-state index < -0.39 is 0 Å². The van der Waals surface area contributed by atoms with Crippen LogP contribution in [-0.4, -0.2) is 23.4 Å². The fourth-order valence-electron chi connectivity index (χ4n) is 3.66. The van der Waals surface area contributed by atoms with Crippen LogP contribution in [0.3, 0.4) is 0 Å². The molecule has 0 aromatic heterocycles. The van der Waals surface area contributed by atoms with Crippen molar-refractivity contribution in [3.8, 4) is 0 Å². The molecule has 3 heteroatoms. The molecule has 2 aromatic rings. The van der Waals surface area contributed by atoms with Gasteiger partial charge in [-0.3, -0.25) is 4.79 Å². The molecule has 3 nitrogen and oxygen atoms in total. The van der Waals surface area contributed by atoms with E-state index in [1.807, 2.05) is 25.1 Å². The summed E-state index contributed by atoms with van der Waals surface area (Å²) < 4.78 is 0. The van der Waals surface area contributed by atoms with Crippen LogP contribution >= 0.6 is 0 Å². The SMILES string of the molecule is CCCN(C(=O)c1cc(N)ccc1C)C1CCc2ccccc2C1. The molecule has 1 aliphatic carbocycles. The van der Waals surface area contributed by atoms with Gasteiger partial charge in [0.1, 0.15) is 0 Å². The molecule has 1 aliphatic rings. The molecule has 24 heavy (non-hydrogen) atoms. The largest absolute Gasteiger partial charge is 0.399 e. The number of anilines is 1. The molecule has 0 saturated carbocycles. The summed E-state index contributed by atoms with van der Waals surface area (Å²) in [6.07, 6.45) is 3.99. The van der Waals surface area contributed by atoms with Gasteiger partial charge in [0.25, 0.3) is 5.91 Å². The highest BCUT2D eigenvalue weighted by Gasteiger charge is 2.28. The zero-order valence-electron chi connectivity index (χ0n) is 14.6. The van der Waals surface area contributed by atoms with Gasteiger partial charge in [-0.1, -0.05) is 37.3 Å². The van der Waals surface area contributed by atoms with Crippen LogP contribution in [0.2, 0.25) is 0 Å². The summed E-state index contributed by atoms with van der Waals surface area (Å²) in [5.74, 6) is 0.117. The molecule has 1 unspecified atom stereocenters. The lowest BCUT2D eigenvalue weighted by atomic mass is 9.87. The summed E-state index contributed by atoms with van der Waals surface area (Å²) in [5, 5.41) is 0. The highest BCUT2D eigenvalue weighted by Crippen LogP contribution is 2.26. The first-order chi connectivity index (χ1) is 11.6. The van der Waals surface area contributed by atoms with E-state index in [2.05, 4.69) is 36.1 Å². The molecule has 0 fully saturated rings. The number of carbonyl (C=O) groups excluding carboxylic acids is 1. The smallest absolute Gasteiger partial charge is 0.254 e. The second-order valence-electron chi connectivity index (χ2n) is 6.74. The fraction of sp³-hybridized carbons (Fsp3) is 0.381. The number of amides is 1. The zero-order chi connectivity index (χ0) is 17.1. The van der Waals surface area contributed by atoms with E-state index in [0.717, 1.165) is 43.4 Å². The van der Waals surface area contributed by atoms with Gasteiger partial charge in [-0.15, -0.1) is 0 Å². The molecule has 2 aromatic carbocycles. The third-order valence-electron chi connectivity index (χ3n) is 4.98. The summed E-state index contributed by atoms with van der Waals surface area (Å²) >= 11 is 0. The number of benzene rings is 2. The highest BCUT2D eigenvalue weighted by molar-refractivity contribution is 5.96. The topological polar surface area (TPSA) is 46.3 Å². The number of nitrogens with two attached hydrogens (primary N) is 1. The van der Waals surface area contributed by atoms with Crippen LogP contribution in [0.15, 0.2) is 42.5 Å². The van der Waals surface area contributed by atoms with Crippen LogP contribution in [0, 0.1) is 6.92 Å². The number of nitrogen functional groups attached to an aromatic ring is 1. The Labute approximate surface area is 144 Å². The Hall–Kier alpha value is -2.29.